The summed E-state index contributed by atoms with van der Waals surface area (Å²) in [5, 5.41) is 0. The molecule has 0 unspecified atom stereocenters. The van der Waals surface area contributed by atoms with Crippen LogP contribution in [0.2, 0.25) is 0 Å². The number of esters is 1. The monoisotopic (exact) mass is 325 g/mol. The van der Waals surface area contributed by atoms with E-state index in [1.807, 2.05) is 11.5 Å². The van der Waals surface area contributed by atoms with Crippen LogP contribution in [0.1, 0.15) is 19.7 Å². The van der Waals surface area contributed by atoms with Crippen LogP contribution in [0.3, 0.4) is 0 Å². The van der Waals surface area contributed by atoms with E-state index in [-0.39, 0.29) is 17.5 Å². The van der Waals surface area contributed by atoms with Gasteiger partial charge in [-0.15, -0.1) is 0 Å². The Morgan fingerprint density at radius 2 is 2.05 bits per heavy atom. The number of rotatable bonds is 5. The molecule has 1 aromatic heterocycles. The molecule has 0 amide bonds. The highest BCUT2D eigenvalue weighted by atomic mass is 32.2. The van der Waals surface area contributed by atoms with Crippen molar-refractivity contribution in [3.05, 3.63) is 24.0 Å². The number of aryl methyl sites for hydroxylation is 1. The highest BCUT2D eigenvalue weighted by molar-refractivity contribution is 7.89. The molecule has 0 aliphatic heterocycles. The molecule has 8 heteroatoms. The van der Waals surface area contributed by atoms with Crippen LogP contribution in [0.4, 0.5) is 0 Å². The molecule has 0 spiro atoms. The number of imidazole rings is 1. The maximum atomic E-state index is 12.2. The predicted octanol–water partition coefficient (Wildman–Crippen LogP) is 1.37. The number of carbonyl (C=O) groups is 1. The first-order valence-corrected chi connectivity index (χ1v) is 8.26. The minimum absolute atomic E-state index is 0.0631. The number of benzene rings is 1. The van der Waals surface area contributed by atoms with Crippen LogP contribution >= 0.6 is 0 Å². The molecule has 0 bridgehead atoms. The number of nitrogens with zero attached hydrogens (tertiary/aromatic N) is 3. The molecule has 1 aromatic carbocycles. The average Bonchev–Trinajstić information content (AvgIpc) is 2.81. The number of carbonyl (C=O) groups excluding carboxylic acids is 1. The number of hydrogen-bond acceptors (Lipinski definition) is 5. The third kappa shape index (κ3) is 2.97. The van der Waals surface area contributed by atoms with Crippen LogP contribution in [0.25, 0.3) is 11.0 Å². The SMILES string of the molecule is CCn1c(COC(C)=O)nc2cc(S(=O)(=O)N(C)C)ccc21. The fourth-order valence-electron chi connectivity index (χ4n) is 2.16. The Kier molecular flexibility index (Phi) is 4.52. The van der Waals surface area contributed by atoms with E-state index in [1.165, 1.54) is 27.1 Å². The lowest BCUT2D eigenvalue weighted by Gasteiger charge is -2.11. The molecule has 0 aliphatic carbocycles. The number of hydrogen-bond donors (Lipinski definition) is 0. The third-order valence-corrected chi connectivity index (χ3v) is 5.11. The quantitative estimate of drug-likeness (QED) is 0.776. The fourth-order valence-corrected chi connectivity index (χ4v) is 3.08. The Labute approximate surface area is 129 Å². The number of fused-ring (bicyclic) bond motifs is 1. The molecule has 0 radical (unpaired) electrons. The molecule has 120 valence electrons. The van der Waals surface area contributed by atoms with Crippen molar-refractivity contribution in [2.24, 2.45) is 0 Å². The molecular weight excluding hydrogens is 306 g/mol. The summed E-state index contributed by atoms with van der Waals surface area (Å²) in [6.45, 7) is 3.99. The van der Waals surface area contributed by atoms with Gasteiger partial charge < -0.3 is 9.30 Å². The van der Waals surface area contributed by atoms with Gasteiger partial charge in [-0.25, -0.2) is 17.7 Å². The molecule has 0 N–H and O–H groups in total. The molecule has 0 saturated heterocycles. The summed E-state index contributed by atoms with van der Waals surface area (Å²) in [7, 11) is -0.541. The van der Waals surface area contributed by atoms with Crippen LogP contribution in [0.5, 0.6) is 0 Å². The average molecular weight is 325 g/mol. The van der Waals surface area contributed by atoms with Gasteiger partial charge >= 0.3 is 5.97 Å². The van der Waals surface area contributed by atoms with Crippen LogP contribution in [0.15, 0.2) is 23.1 Å². The van der Waals surface area contributed by atoms with Crippen molar-refractivity contribution in [3.63, 3.8) is 0 Å². The summed E-state index contributed by atoms with van der Waals surface area (Å²) in [6.07, 6.45) is 0. The standard InChI is InChI=1S/C14H19N3O4S/c1-5-17-13-7-6-11(22(19,20)16(3)4)8-12(13)15-14(17)9-21-10(2)18/h6-8H,5,9H2,1-4H3. The first-order valence-electron chi connectivity index (χ1n) is 6.82. The van der Waals surface area contributed by atoms with Crippen molar-refractivity contribution in [2.45, 2.75) is 31.9 Å². The molecular formula is C14H19N3O4S. The largest absolute Gasteiger partial charge is 0.458 e. The summed E-state index contributed by atoms with van der Waals surface area (Å²) >= 11 is 0. The molecule has 2 aromatic rings. The molecule has 7 nitrogen and oxygen atoms in total. The number of aromatic nitrogens is 2. The minimum atomic E-state index is -3.51. The van der Waals surface area contributed by atoms with Gasteiger partial charge in [0.15, 0.2) is 0 Å². The van der Waals surface area contributed by atoms with Gasteiger partial charge in [0.05, 0.1) is 15.9 Å². The van der Waals surface area contributed by atoms with Crippen molar-refractivity contribution in [1.82, 2.24) is 13.9 Å². The molecule has 0 atom stereocenters. The normalized spacial score (nSPS) is 12.0. The molecule has 0 saturated carbocycles. The fraction of sp³-hybridized carbons (Fsp3) is 0.429. The van der Waals surface area contributed by atoms with E-state index in [0.29, 0.717) is 17.9 Å². The summed E-state index contributed by atoms with van der Waals surface area (Å²) in [4.78, 5) is 15.5. The van der Waals surface area contributed by atoms with Crippen molar-refractivity contribution in [2.75, 3.05) is 14.1 Å². The smallest absolute Gasteiger partial charge is 0.303 e. The topological polar surface area (TPSA) is 81.5 Å². The summed E-state index contributed by atoms with van der Waals surface area (Å²) < 4.78 is 32.4. The maximum absolute atomic E-state index is 12.2. The molecule has 2 rings (SSSR count). The van der Waals surface area contributed by atoms with Crippen molar-refractivity contribution >= 4 is 27.0 Å². The zero-order chi connectivity index (χ0) is 16.5. The summed E-state index contributed by atoms with van der Waals surface area (Å²) in [6, 6.07) is 4.81. The van der Waals surface area contributed by atoms with E-state index in [0.717, 1.165) is 9.82 Å². The van der Waals surface area contributed by atoms with Crippen LogP contribution in [-0.2, 0) is 32.7 Å². The van der Waals surface area contributed by atoms with Gasteiger partial charge in [-0.05, 0) is 25.1 Å². The first kappa shape index (κ1) is 16.4. The third-order valence-electron chi connectivity index (χ3n) is 3.30. The van der Waals surface area contributed by atoms with Gasteiger partial charge in [-0.1, -0.05) is 0 Å². The Morgan fingerprint density at radius 1 is 1.36 bits per heavy atom. The minimum Gasteiger partial charge on any atom is -0.458 e. The lowest BCUT2D eigenvalue weighted by atomic mass is 10.3. The molecule has 22 heavy (non-hydrogen) atoms. The highest BCUT2D eigenvalue weighted by Crippen LogP contribution is 2.22. The second-order valence-electron chi connectivity index (χ2n) is 4.99. The van der Waals surface area contributed by atoms with E-state index in [2.05, 4.69) is 4.98 Å². The number of ether oxygens (including phenoxy) is 1. The highest BCUT2D eigenvalue weighted by Gasteiger charge is 2.19. The van der Waals surface area contributed by atoms with Crippen LogP contribution in [-0.4, -0.2) is 42.3 Å². The summed E-state index contributed by atoms with van der Waals surface area (Å²) in [5.74, 6) is 0.206. The Balaban J connectivity index is 2.52. The number of sulfonamides is 1. The first-order chi connectivity index (χ1) is 10.3. The summed E-state index contributed by atoms with van der Waals surface area (Å²) in [5.41, 5.74) is 1.37. The van der Waals surface area contributed by atoms with Gasteiger partial charge in [0.1, 0.15) is 12.4 Å². The predicted molar refractivity (Wildman–Crippen MR) is 81.7 cm³/mol. The second kappa shape index (κ2) is 6.05. The van der Waals surface area contributed by atoms with Gasteiger partial charge in [0.25, 0.3) is 0 Å². The maximum Gasteiger partial charge on any atom is 0.303 e. The molecule has 1 heterocycles. The zero-order valence-corrected chi connectivity index (χ0v) is 13.8. The van der Waals surface area contributed by atoms with Crippen molar-refractivity contribution in [1.29, 1.82) is 0 Å². The van der Waals surface area contributed by atoms with Crippen LogP contribution < -0.4 is 0 Å². The Morgan fingerprint density at radius 3 is 2.59 bits per heavy atom. The van der Waals surface area contributed by atoms with E-state index in [1.54, 1.807) is 12.1 Å². The zero-order valence-electron chi connectivity index (χ0n) is 13.0. The van der Waals surface area contributed by atoms with Gasteiger partial charge in [0.2, 0.25) is 10.0 Å². The second-order valence-corrected chi connectivity index (χ2v) is 7.14. The van der Waals surface area contributed by atoms with Crippen LogP contribution in [0, 0.1) is 0 Å². The Hall–Kier alpha value is -1.93. The van der Waals surface area contributed by atoms with E-state index >= 15 is 0 Å². The lowest BCUT2D eigenvalue weighted by molar-refractivity contribution is -0.142. The van der Waals surface area contributed by atoms with Crippen molar-refractivity contribution in [3.8, 4) is 0 Å². The Bertz CT molecular complexity index is 809. The van der Waals surface area contributed by atoms with E-state index in [4.69, 9.17) is 4.74 Å². The molecule has 0 aliphatic rings. The van der Waals surface area contributed by atoms with E-state index < -0.39 is 10.0 Å². The van der Waals surface area contributed by atoms with Gasteiger partial charge in [-0.3, -0.25) is 4.79 Å². The lowest BCUT2D eigenvalue weighted by Crippen LogP contribution is -2.22. The van der Waals surface area contributed by atoms with Crippen molar-refractivity contribution < 1.29 is 17.9 Å². The van der Waals surface area contributed by atoms with Gasteiger partial charge in [-0.2, -0.15) is 0 Å². The molecule has 0 fully saturated rings. The van der Waals surface area contributed by atoms with E-state index in [9.17, 15) is 13.2 Å². The van der Waals surface area contributed by atoms with Gasteiger partial charge in [0, 0.05) is 27.6 Å².